The summed E-state index contributed by atoms with van der Waals surface area (Å²) < 4.78 is 85.8. The number of nitrogens with zero attached hydrogens (tertiary/aromatic N) is 4. The Kier molecular flexibility index (Phi) is 5.76. The fraction of sp³-hybridized carbons (Fsp3) is 0.458. The summed E-state index contributed by atoms with van der Waals surface area (Å²) in [6, 6.07) is 7.02. The summed E-state index contributed by atoms with van der Waals surface area (Å²) in [7, 11) is -2.66. The smallest absolute Gasteiger partial charge is 0.348 e. The summed E-state index contributed by atoms with van der Waals surface area (Å²) in [5.41, 5.74) is -3.67. The van der Waals surface area contributed by atoms with Crippen LogP contribution in [0.3, 0.4) is 0 Å². The molecule has 1 aliphatic carbocycles. The minimum atomic E-state index is -4.64. The largest absolute Gasteiger partial charge is 0.401 e. The Bertz CT molecular complexity index is 1500. The summed E-state index contributed by atoms with van der Waals surface area (Å²) in [4.78, 5) is 18.2. The second-order valence-electron chi connectivity index (χ2n) is 10.7. The maximum absolute atomic E-state index is 14.9. The summed E-state index contributed by atoms with van der Waals surface area (Å²) >= 11 is 5.94. The molecule has 7 nitrogen and oxygen atoms in total. The number of halogens is 6. The number of amides is 1. The highest BCUT2D eigenvalue weighted by Gasteiger charge is 2.82. The quantitative estimate of drug-likeness (QED) is 0.308. The molecule has 0 bridgehead atoms. The topological polar surface area (TPSA) is 79.6 Å². The van der Waals surface area contributed by atoms with Crippen LogP contribution < -0.4 is 10.2 Å². The van der Waals surface area contributed by atoms with Crippen LogP contribution in [0.5, 0.6) is 0 Å². The first-order valence-corrected chi connectivity index (χ1v) is 14.8. The number of benzene rings is 1. The zero-order valence-electron chi connectivity index (χ0n) is 20.8. The van der Waals surface area contributed by atoms with Crippen molar-refractivity contribution < 1.29 is 31.3 Å². The van der Waals surface area contributed by atoms with Crippen molar-refractivity contribution in [1.29, 1.82) is 0 Å². The molecule has 38 heavy (non-hydrogen) atoms. The van der Waals surface area contributed by atoms with Gasteiger partial charge in [-0.2, -0.15) is 18.3 Å². The van der Waals surface area contributed by atoms with Gasteiger partial charge in [-0.25, -0.2) is 18.3 Å². The second kappa shape index (κ2) is 8.14. The average molecular weight is 576 g/mol. The molecule has 0 spiro atoms. The van der Waals surface area contributed by atoms with Gasteiger partial charge < -0.3 is 14.8 Å². The highest BCUT2D eigenvalue weighted by atomic mass is 35.5. The monoisotopic (exact) mass is 575 g/mol. The van der Waals surface area contributed by atoms with Crippen molar-refractivity contribution in [3.05, 3.63) is 52.9 Å². The molecule has 1 N–H and O–H groups in total. The molecular weight excluding hydrogens is 552 g/mol. The van der Waals surface area contributed by atoms with E-state index in [-0.39, 0.29) is 34.0 Å². The van der Waals surface area contributed by atoms with E-state index in [1.165, 1.54) is 54.8 Å². The van der Waals surface area contributed by atoms with E-state index >= 15 is 0 Å². The lowest BCUT2D eigenvalue weighted by Crippen LogP contribution is -2.43. The van der Waals surface area contributed by atoms with Gasteiger partial charge in [0.25, 0.3) is 5.92 Å². The molecule has 3 aromatic rings. The van der Waals surface area contributed by atoms with E-state index in [2.05, 4.69) is 15.4 Å². The zero-order chi connectivity index (χ0) is 28.1. The van der Waals surface area contributed by atoms with Gasteiger partial charge in [0.05, 0.1) is 36.9 Å². The van der Waals surface area contributed by atoms with Crippen molar-refractivity contribution in [3.63, 3.8) is 0 Å². The van der Waals surface area contributed by atoms with Gasteiger partial charge in [0.2, 0.25) is 5.91 Å². The van der Waals surface area contributed by atoms with Crippen LogP contribution >= 0.6 is 18.7 Å². The third-order valence-electron chi connectivity index (χ3n) is 7.53. The van der Waals surface area contributed by atoms with Crippen LogP contribution in [0.2, 0.25) is 5.15 Å². The molecule has 1 fully saturated rings. The number of hydrogen-bond acceptors (Lipinski definition) is 5. The number of anilines is 2. The van der Waals surface area contributed by atoms with Crippen LogP contribution in [0, 0.1) is 5.41 Å². The molecule has 0 saturated heterocycles. The fourth-order valence-electron chi connectivity index (χ4n) is 5.19. The van der Waals surface area contributed by atoms with E-state index in [1.54, 1.807) is 0 Å². The van der Waals surface area contributed by atoms with Crippen molar-refractivity contribution in [2.75, 3.05) is 31.1 Å². The van der Waals surface area contributed by atoms with Gasteiger partial charge in [0.1, 0.15) is 10.8 Å². The number of carbonyl (C=O) groups excluding carboxylic acids is 1. The molecule has 1 amide bonds. The molecule has 0 unspecified atom stereocenters. The maximum atomic E-state index is 14.9. The first-order chi connectivity index (χ1) is 17.4. The van der Waals surface area contributed by atoms with E-state index in [0.717, 1.165) is 18.4 Å². The number of nitrogens with one attached hydrogen (secondary N) is 1. The third kappa shape index (κ3) is 3.82. The Morgan fingerprint density at radius 3 is 2.42 bits per heavy atom. The number of alkyl halides is 5. The Labute approximate surface area is 219 Å². The minimum Gasteiger partial charge on any atom is -0.348 e. The molecule has 2 aliphatic rings. The number of rotatable bonds is 5. The van der Waals surface area contributed by atoms with Gasteiger partial charge in [-0.05, 0) is 44.9 Å². The van der Waals surface area contributed by atoms with E-state index in [9.17, 15) is 31.3 Å². The van der Waals surface area contributed by atoms with Crippen molar-refractivity contribution in [1.82, 2.24) is 19.9 Å². The van der Waals surface area contributed by atoms with Crippen molar-refractivity contribution >= 4 is 41.7 Å². The Balaban J connectivity index is 1.48. The van der Waals surface area contributed by atoms with Crippen LogP contribution in [0.1, 0.15) is 31.0 Å². The fourth-order valence-corrected chi connectivity index (χ4v) is 5.89. The lowest BCUT2D eigenvalue weighted by Gasteiger charge is -2.28. The van der Waals surface area contributed by atoms with Gasteiger partial charge in [-0.15, -0.1) is 0 Å². The highest BCUT2D eigenvalue weighted by Crippen LogP contribution is 2.71. The summed E-state index contributed by atoms with van der Waals surface area (Å²) in [5, 5.41) is 6.36. The van der Waals surface area contributed by atoms with Crippen LogP contribution in [-0.4, -0.2) is 58.8 Å². The van der Waals surface area contributed by atoms with Crippen LogP contribution in [0.25, 0.3) is 5.65 Å². The molecule has 0 radical (unpaired) electrons. The van der Waals surface area contributed by atoms with E-state index in [4.69, 9.17) is 11.6 Å². The first-order valence-electron chi connectivity index (χ1n) is 11.6. The second-order valence-corrected chi connectivity index (χ2v) is 14.6. The molecule has 1 aromatic carbocycles. The first kappa shape index (κ1) is 26.9. The average Bonchev–Trinajstić information content (AvgIpc) is 3.09. The van der Waals surface area contributed by atoms with Crippen LogP contribution in [0.15, 0.2) is 36.5 Å². The number of fused-ring (bicyclic) bond motifs is 3. The summed E-state index contributed by atoms with van der Waals surface area (Å²) in [6.07, 6.45) is -3.53. The van der Waals surface area contributed by atoms with Crippen LogP contribution in [-0.2, 0) is 14.8 Å². The number of hydrogen-bond donors (Lipinski definition) is 1. The lowest BCUT2D eigenvalue weighted by molar-refractivity contribution is -0.181. The van der Waals surface area contributed by atoms with E-state index in [1.807, 2.05) is 0 Å². The van der Waals surface area contributed by atoms with Crippen molar-refractivity contribution in [2.45, 2.75) is 37.3 Å². The Morgan fingerprint density at radius 1 is 1.21 bits per heavy atom. The van der Waals surface area contributed by atoms with Gasteiger partial charge in [-0.3, -0.25) is 4.79 Å². The number of carbonyl (C=O) groups is 1. The minimum absolute atomic E-state index is 0.00337. The molecule has 1 aliphatic heterocycles. The van der Waals surface area contributed by atoms with Gasteiger partial charge in [-0.1, -0.05) is 23.7 Å². The van der Waals surface area contributed by atoms with Crippen molar-refractivity contribution in [3.8, 4) is 0 Å². The molecule has 2 aromatic heterocycles. The number of aromatic nitrogens is 3. The molecule has 3 atom stereocenters. The predicted molar refractivity (Wildman–Crippen MR) is 133 cm³/mol. The van der Waals surface area contributed by atoms with Gasteiger partial charge >= 0.3 is 6.18 Å². The normalized spacial score (nSPS) is 26.5. The standard InChI is InChI=1S/C24H24ClF5N5O2P/c1-21(24(28,29)30)11-34(15-10-31-17-9-16(25)33-35(17)19(15)21)14-7-5-13(6-8-14)18-22(2,23(18,26)27)20(36)32-12-38(3,4)37/h5-10,18H,11-12H2,1-4H3,(H,32,36)/t18-,21-,22+/m1/s1. The SMILES string of the molecule is C[C@@]1(C(F)(F)F)CN(c2ccc([C@H]3C(F)(F)[C@]3(C)C(=O)NCP(C)(C)=O)cc2)c2cnc3cc(Cl)nn3c21. The van der Waals surface area contributed by atoms with E-state index in [0.29, 0.717) is 5.69 Å². The molecule has 5 rings (SSSR count). The molecule has 14 heteroatoms. The van der Waals surface area contributed by atoms with Gasteiger partial charge in [0, 0.05) is 18.3 Å². The zero-order valence-corrected chi connectivity index (χ0v) is 22.4. The summed E-state index contributed by atoms with van der Waals surface area (Å²) in [5.74, 6) is -5.69. The van der Waals surface area contributed by atoms with Gasteiger partial charge in [0.15, 0.2) is 10.8 Å². The maximum Gasteiger partial charge on any atom is 0.401 e. The van der Waals surface area contributed by atoms with E-state index < -0.39 is 48.4 Å². The molecule has 1 saturated carbocycles. The Morgan fingerprint density at radius 2 is 1.84 bits per heavy atom. The highest BCUT2D eigenvalue weighted by molar-refractivity contribution is 7.62. The molecular formula is C24H24ClF5N5O2P. The lowest BCUT2D eigenvalue weighted by atomic mass is 9.87. The Hall–Kier alpha value is -2.72. The van der Waals surface area contributed by atoms with Crippen molar-refractivity contribution in [2.24, 2.45) is 5.41 Å². The molecule has 204 valence electrons. The van der Waals surface area contributed by atoms with Crippen LogP contribution in [0.4, 0.5) is 33.3 Å². The predicted octanol–water partition coefficient (Wildman–Crippen LogP) is 5.79. The molecule has 3 heterocycles. The third-order valence-corrected chi connectivity index (χ3v) is 8.63. The summed E-state index contributed by atoms with van der Waals surface area (Å²) in [6.45, 7) is 4.61.